The van der Waals surface area contributed by atoms with Crippen LogP contribution in [0.3, 0.4) is 0 Å². The van der Waals surface area contributed by atoms with Gasteiger partial charge in [0.05, 0.1) is 0 Å². The molecule has 2 unspecified atom stereocenters. The Kier molecular flexibility index (Phi) is 4.97. The van der Waals surface area contributed by atoms with E-state index in [9.17, 15) is 0 Å². The molecule has 1 aliphatic rings. The summed E-state index contributed by atoms with van der Waals surface area (Å²) in [4.78, 5) is 0. The number of benzene rings is 1. The molecular formula is C13H18INS. The van der Waals surface area contributed by atoms with Crippen LogP contribution in [0.5, 0.6) is 0 Å². The van der Waals surface area contributed by atoms with E-state index in [1.54, 1.807) is 0 Å². The molecule has 1 heterocycles. The van der Waals surface area contributed by atoms with E-state index in [0.29, 0.717) is 6.04 Å². The Hall–Kier alpha value is 0.260. The van der Waals surface area contributed by atoms with Gasteiger partial charge in [-0.2, -0.15) is 11.8 Å². The van der Waals surface area contributed by atoms with Crippen molar-refractivity contribution >= 4 is 34.4 Å². The van der Waals surface area contributed by atoms with Crippen LogP contribution in [0.2, 0.25) is 0 Å². The van der Waals surface area contributed by atoms with Gasteiger partial charge < -0.3 is 5.32 Å². The molecule has 16 heavy (non-hydrogen) atoms. The molecule has 0 spiro atoms. The lowest BCUT2D eigenvalue weighted by Crippen LogP contribution is -2.36. The van der Waals surface area contributed by atoms with Crippen LogP contribution in [0.25, 0.3) is 0 Å². The monoisotopic (exact) mass is 347 g/mol. The summed E-state index contributed by atoms with van der Waals surface area (Å²) in [5.74, 6) is 3.40. The van der Waals surface area contributed by atoms with Crippen molar-refractivity contribution in [3.8, 4) is 0 Å². The summed E-state index contributed by atoms with van der Waals surface area (Å²) in [6.45, 7) is 3.29. The Morgan fingerprint density at radius 1 is 1.31 bits per heavy atom. The molecule has 0 bridgehead atoms. The summed E-state index contributed by atoms with van der Waals surface area (Å²) in [6.07, 6.45) is 1.22. The van der Waals surface area contributed by atoms with Crippen molar-refractivity contribution in [2.45, 2.75) is 19.4 Å². The Balaban J connectivity index is 1.95. The highest BCUT2D eigenvalue weighted by molar-refractivity contribution is 14.1. The molecule has 88 valence electrons. The van der Waals surface area contributed by atoms with Gasteiger partial charge in [0.2, 0.25) is 0 Å². The normalized spacial score (nSPS) is 24.9. The van der Waals surface area contributed by atoms with Crippen LogP contribution in [-0.2, 0) is 6.42 Å². The van der Waals surface area contributed by atoms with E-state index in [4.69, 9.17) is 0 Å². The number of thioether (sulfide) groups is 1. The fourth-order valence-corrected chi connectivity index (χ4v) is 4.00. The molecule has 2 atom stereocenters. The molecule has 0 aromatic heterocycles. The van der Waals surface area contributed by atoms with Crippen LogP contribution in [0, 0.1) is 9.49 Å². The zero-order chi connectivity index (χ0) is 11.4. The SMILES string of the molecule is CCNC1CSCC1Cc1ccc(I)cc1. The minimum atomic E-state index is 0.717. The first-order valence-corrected chi connectivity index (χ1v) is 8.08. The van der Waals surface area contributed by atoms with E-state index in [-0.39, 0.29) is 0 Å². The molecule has 1 fully saturated rings. The van der Waals surface area contributed by atoms with E-state index < -0.39 is 0 Å². The van der Waals surface area contributed by atoms with E-state index in [1.807, 2.05) is 0 Å². The van der Waals surface area contributed by atoms with Gasteiger partial charge in [0.15, 0.2) is 0 Å². The third kappa shape index (κ3) is 3.37. The van der Waals surface area contributed by atoms with Gasteiger partial charge in [-0.05, 0) is 64.9 Å². The molecule has 0 amide bonds. The maximum atomic E-state index is 3.60. The summed E-state index contributed by atoms with van der Waals surface area (Å²) < 4.78 is 1.32. The van der Waals surface area contributed by atoms with Crippen LogP contribution in [0.1, 0.15) is 12.5 Å². The summed E-state index contributed by atoms with van der Waals surface area (Å²) in [6, 6.07) is 9.68. The van der Waals surface area contributed by atoms with Gasteiger partial charge in [0, 0.05) is 15.4 Å². The van der Waals surface area contributed by atoms with Crippen LogP contribution in [0.15, 0.2) is 24.3 Å². The van der Waals surface area contributed by atoms with E-state index in [0.717, 1.165) is 12.5 Å². The second kappa shape index (κ2) is 6.26. The van der Waals surface area contributed by atoms with Gasteiger partial charge in [0.1, 0.15) is 0 Å². The highest BCUT2D eigenvalue weighted by Crippen LogP contribution is 2.27. The third-order valence-electron chi connectivity index (χ3n) is 3.08. The number of halogens is 1. The lowest BCUT2D eigenvalue weighted by atomic mass is 9.95. The van der Waals surface area contributed by atoms with Gasteiger partial charge in [-0.3, -0.25) is 0 Å². The van der Waals surface area contributed by atoms with E-state index in [2.05, 4.69) is 70.9 Å². The van der Waals surface area contributed by atoms with Gasteiger partial charge >= 0.3 is 0 Å². The van der Waals surface area contributed by atoms with Crippen molar-refractivity contribution in [2.24, 2.45) is 5.92 Å². The van der Waals surface area contributed by atoms with Crippen molar-refractivity contribution in [1.29, 1.82) is 0 Å². The quantitative estimate of drug-likeness (QED) is 0.840. The highest BCUT2D eigenvalue weighted by Gasteiger charge is 2.26. The van der Waals surface area contributed by atoms with E-state index in [1.165, 1.54) is 27.1 Å². The minimum absolute atomic E-state index is 0.717. The molecule has 1 aliphatic heterocycles. The maximum Gasteiger partial charge on any atom is 0.0197 e. The molecular weight excluding hydrogens is 329 g/mol. The number of hydrogen-bond donors (Lipinski definition) is 1. The predicted octanol–water partition coefficient (Wildman–Crippen LogP) is 3.17. The molecule has 0 saturated carbocycles. The standard InChI is InChI=1S/C13H18INS/c1-2-15-13-9-16-8-11(13)7-10-3-5-12(14)6-4-10/h3-6,11,13,15H,2,7-9H2,1H3. The Morgan fingerprint density at radius 3 is 2.75 bits per heavy atom. The van der Waals surface area contributed by atoms with Gasteiger partial charge in [-0.15, -0.1) is 0 Å². The maximum absolute atomic E-state index is 3.60. The summed E-state index contributed by atoms with van der Waals surface area (Å²) in [7, 11) is 0. The fourth-order valence-electron chi connectivity index (χ4n) is 2.21. The first kappa shape index (κ1) is 12.7. The van der Waals surface area contributed by atoms with Crippen LogP contribution < -0.4 is 5.32 Å². The lowest BCUT2D eigenvalue weighted by Gasteiger charge is -2.19. The molecule has 2 rings (SSSR count). The molecule has 1 nitrogen and oxygen atoms in total. The van der Waals surface area contributed by atoms with Gasteiger partial charge in [-0.25, -0.2) is 0 Å². The summed E-state index contributed by atoms with van der Waals surface area (Å²) in [5, 5.41) is 3.60. The van der Waals surface area contributed by atoms with Crippen molar-refractivity contribution in [3.63, 3.8) is 0 Å². The molecule has 1 N–H and O–H groups in total. The van der Waals surface area contributed by atoms with Gasteiger partial charge in [-0.1, -0.05) is 19.1 Å². The van der Waals surface area contributed by atoms with Crippen molar-refractivity contribution in [2.75, 3.05) is 18.1 Å². The molecule has 1 aromatic carbocycles. The van der Waals surface area contributed by atoms with Crippen LogP contribution >= 0.6 is 34.4 Å². The number of hydrogen-bond acceptors (Lipinski definition) is 2. The van der Waals surface area contributed by atoms with E-state index >= 15 is 0 Å². The van der Waals surface area contributed by atoms with Crippen molar-refractivity contribution in [3.05, 3.63) is 33.4 Å². The summed E-state index contributed by atoms with van der Waals surface area (Å²) >= 11 is 4.45. The largest absolute Gasteiger partial charge is 0.313 e. The second-order valence-electron chi connectivity index (χ2n) is 4.29. The zero-order valence-electron chi connectivity index (χ0n) is 9.58. The average Bonchev–Trinajstić information content (AvgIpc) is 2.70. The number of nitrogens with one attached hydrogen (secondary N) is 1. The van der Waals surface area contributed by atoms with Crippen molar-refractivity contribution < 1.29 is 0 Å². The predicted molar refractivity (Wildman–Crippen MR) is 81.1 cm³/mol. The Morgan fingerprint density at radius 2 is 2.06 bits per heavy atom. The zero-order valence-corrected chi connectivity index (χ0v) is 12.6. The molecule has 0 radical (unpaired) electrons. The third-order valence-corrected chi connectivity index (χ3v) is 5.05. The molecule has 1 aromatic rings. The van der Waals surface area contributed by atoms with Crippen LogP contribution in [0.4, 0.5) is 0 Å². The van der Waals surface area contributed by atoms with Gasteiger partial charge in [0.25, 0.3) is 0 Å². The molecule has 3 heteroatoms. The minimum Gasteiger partial charge on any atom is -0.313 e. The summed E-state index contributed by atoms with van der Waals surface area (Å²) in [5.41, 5.74) is 1.48. The number of rotatable bonds is 4. The smallest absolute Gasteiger partial charge is 0.0197 e. The van der Waals surface area contributed by atoms with Crippen molar-refractivity contribution in [1.82, 2.24) is 5.32 Å². The first-order valence-electron chi connectivity index (χ1n) is 5.85. The molecule has 1 saturated heterocycles. The lowest BCUT2D eigenvalue weighted by molar-refractivity contribution is 0.434. The second-order valence-corrected chi connectivity index (χ2v) is 6.61. The fraction of sp³-hybridized carbons (Fsp3) is 0.538. The van der Waals surface area contributed by atoms with Crippen LogP contribution in [-0.4, -0.2) is 24.1 Å². The molecule has 0 aliphatic carbocycles. The first-order chi connectivity index (χ1) is 7.79. The highest BCUT2D eigenvalue weighted by atomic mass is 127. The average molecular weight is 347 g/mol. The Labute approximate surface area is 116 Å². The Bertz CT molecular complexity index is 325. The topological polar surface area (TPSA) is 12.0 Å².